The third-order valence-electron chi connectivity index (χ3n) is 7.44. The molecule has 0 atom stereocenters. The number of carbonyl (C=O) groups excluding carboxylic acids is 2. The molecule has 9 nitrogen and oxygen atoms in total. The van der Waals surface area contributed by atoms with Crippen molar-refractivity contribution in [3.05, 3.63) is 87.9 Å². The number of nitrogens with one attached hydrogen (secondary N) is 1. The summed E-state index contributed by atoms with van der Waals surface area (Å²) >= 11 is 12.5. The molecule has 0 saturated carbocycles. The van der Waals surface area contributed by atoms with Crippen molar-refractivity contribution in [2.75, 3.05) is 62.6 Å². The van der Waals surface area contributed by atoms with Gasteiger partial charge in [0.1, 0.15) is 0 Å². The van der Waals surface area contributed by atoms with Gasteiger partial charge in [0.25, 0.3) is 5.91 Å². The van der Waals surface area contributed by atoms with Crippen LogP contribution in [0.3, 0.4) is 0 Å². The Kier molecular flexibility index (Phi) is 8.74. The fraction of sp³-hybridized carbons (Fsp3) is 0.310. The monoisotopic (exact) mass is 615 g/mol. The number of sulfonamides is 1. The zero-order chi connectivity index (χ0) is 29.1. The number of carbonyl (C=O) groups is 2. The van der Waals surface area contributed by atoms with Gasteiger partial charge in [-0.2, -0.15) is 4.31 Å². The molecule has 41 heavy (non-hydrogen) atoms. The van der Waals surface area contributed by atoms with Gasteiger partial charge < -0.3 is 20.0 Å². The molecule has 2 saturated heterocycles. The summed E-state index contributed by atoms with van der Waals surface area (Å²) in [5, 5.41) is 3.58. The van der Waals surface area contributed by atoms with Crippen LogP contribution < -0.4 is 10.2 Å². The quantitative estimate of drug-likeness (QED) is 0.445. The maximum atomic E-state index is 13.5. The van der Waals surface area contributed by atoms with Crippen LogP contribution >= 0.6 is 23.2 Å². The minimum Gasteiger partial charge on any atom is -0.369 e. The highest BCUT2D eigenvalue weighted by atomic mass is 35.5. The molecular weight excluding hydrogens is 585 g/mol. The van der Waals surface area contributed by atoms with E-state index in [1.165, 1.54) is 22.5 Å². The smallest absolute Gasteiger partial charge is 0.321 e. The number of para-hydroxylation sites is 1. The number of piperazine rings is 2. The second-order valence-electron chi connectivity index (χ2n) is 10.0. The van der Waals surface area contributed by atoms with Crippen molar-refractivity contribution >= 4 is 56.5 Å². The van der Waals surface area contributed by atoms with Crippen molar-refractivity contribution in [2.24, 2.45) is 0 Å². The van der Waals surface area contributed by atoms with Crippen LogP contribution in [0.25, 0.3) is 0 Å². The van der Waals surface area contributed by atoms with E-state index in [0.29, 0.717) is 50.0 Å². The SMILES string of the molecule is Cc1ccc(NC(=O)N2CCN(C(=O)c3cc(S(=O)(=O)N4CCN(c5ccccc5)CC4)ccc3Cl)CC2)cc1Cl. The molecule has 1 N–H and O–H groups in total. The summed E-state index contributed by atoms with van der Waals surface area (Å²) in [4.78, 5) is 31.5. The lowest BCUT2D eigenvalue weighted by Gasteiger charge is -2.36. The summed E-state index contributed by atoms with van der Waals surface area (Å²) in [6.07, 6.45) is 0. The lowest BCUT2D eigenvalue weighted by Crippen LogP contribution is -2.51. The maximum absolute atomic E-state index is 13.5. The molecule has 5 rings (SSSR count). The molecule has 0 bridgehead atoms. The summed E-state index contributed by atoms with van der Waals surface area (Å²) in [5.74, 6) is -0.369. The molecule has 0 unspecified atom stereocenters. The van der Waals surface area contributed by atoms with Gasteiger partial charge in [0.15, 0.2) is 0 Å². The second-order valence-corrected chi connectivity index (χ2v) is 12.8. The summed E-state index contributed by atoms with van der Waals surface area (Å²) in [6.45, 7) is 4.90. The third-order valence-corrected chi connectivity index (χ3v) is 10.1. The lowest BCUT2D eigenvalue weighted by molar-refractivity contribution is 0.0671. The number of rotatable bonds is 5. The minimum atomic E-state index is -3.82. The van der Waals surface area contributed by atoms with Crippen molar-refractivity contribution in [2.45, 2.75) is 11.8 Å². The molecule has 2 fully saturated rings. The molecular formula is C29H31Cl2N5O4S. The summed E-state index contributed by atoms with van der Waals surface area (Å²) < 4.78 is 28.4. The number of aryl methyl sites for hydroxylation is 1. The molecule has 216 valence electrons. The molecule has 3 amide bonds. The van der Waals surface area contributed by atoms with Crippen LogP contribution in [-0.4, -0.2) is 86.8 Å². The van der Waals surface area contributed by atoms with Gasteiger partial charge in [-0.25, -0.2) is 13.2 Å². The molecule has 2 aliphatic rings. The van der Waals surface area contributed by atoms with Crippen LogP contribution in [0.5, 0.6) is 0 Å². The fourth-order valence-corrected chi connectivity index (χ4v) is 6.79. The standard InChI is InChI=1S/C29H31Cl2N5O4S/c1-21-7-8-22(19-27(21)31)32-29(38)35-13-11-34(12-14-35)28(37)25-20-24(9-10-26(25)30)41(39,40)36-17-15-33(16-18-36)23-5-3-2-4-6-23/h2-10,19-20H,11-18H2,1H3,(H,32,38). The number of amides is 3. The minimum absolute atomic E-state index is 0.0354. The van der Waals surface area contributed by atoms with E-state index in [0.717, 1.165) is 11.3 Å². The summed E-state index contributed by atoms with van der Waals surface area (Å²) in [6, 6.07) is 19.2. The van der Waals surface area contributed by atoms with Crippen LogP contribution in [0.15, 0.2) is 71.6 Å². The zero-order valence-corrected chi connectivity index (χ0v) is 24.9. The van der Waals surface area contributed by atoms with Crippen molar-refractivity contribution < 1.29 is 18.0 Å². The Labute approximate surface area is 250 Å². The van der Waals surface area contributed by atoms with E-state index in [4.69, 9.17) is 23.2 Å². The van der Waals surface area contributed by atoms with Gasteiger partial charge in [-0.1, -0.05) is 47.5 Å². The Balaban J connectivity index is 1.21. The maximum Gasteiger partial charge on any atom is 0.321 e. The number of nitrogens with zero attached hydrogens (tertiary/aromatic N) is 4. The average molecular weight is 617 g/mol. The Bertz CT molecular complexity index is 1540. The Morgan fingerprint density at radius 3 is 2.07 bits per heavy atom. The first kappa shape index (κ1) is 29.2. The largest absolute Gasteiger partial charge is 0.369 e. The lowest BCUT2D eigenvalue weighted by atomic mass is 10.2. The van der Waals surface area contributed by atoms with Crippen molar-refractivity contribution in [3.63, 3.8) is 0 Å². The van der Waals surface area contributed by atoms with Crippen LogP contribution in [0, 0.1) is 6.92 Å². The Morgan fingerprint density at radius 1 is 0.756 bits per heavy atom. The van der Waals surface area contributed by atoms with Crippen molar-refractivity contribution in [3.8, 4) is 0 Å². The van der Waals surface area contributed by atoms with E-state index < -0.39 is 10.0 Å². The molecule has 0 aliphatic carbocycles. The van der Waals surface area contributed by atoms with Gasteiger partial charge in [-0.05, 0) is 55.0 Å². The van der Waals surface area contributed by atoms with Crippen LogP contribution in [0.1, 0.15) is 15.9 Å². The second kappa shape index (κ2) is 12.3. The number of benzene rings is 3. The van der Waals surface area contributed by atoms with E-state index in [-0.39, 0.29) is 40.5 Å². The third kappa shape index (κ3) is 6.46. The Hall–Kier alpha value is -3.31. The van der Waals surface area contributed by atoms with E-state index in [1.807, 2.05) is 43.3 Å². The molecule has 0 spiro atoms. The Morgan fingerprint density at radius 2 is 1.41 bits per heavy atom. The molecule has 0 aromatic heterocycles. The molecule has 2 heterocycles. The number of halogens is 2. The van der Waals surface area contributed by atoms with Crippen LogP contribution in [-0.2, 0) is 10.0 Å². The zero-order valence-electron chi connectivity index (χ0n) is 22.6. The summed E-state index contributed by atoms with van der Waals surface area (Å²) in [7, 11) is -3.82. The first-order valence-corrected chi connectivity index (χ1v) is 15.5. The molecule has 12 heteroatoms. The summed E-state index contributed by atoms with van der Waals surface area (Å²) in [5.41, 5.74) is 2.69. The van der Waals surface area contributed by atoms with Gasteiger partial charge >= 0.3 is 6.03 Å². The van der Waals surface area contributed by atoms with Crippen LogP contribution in [0.2, 0.25) is 10.0 Å². The molecule has 3 aromatic carbocycles. The number of anilines is 2. The number of hydrogen-bond donors (Lipinski definition) is 1. The van der Waals surface area contributed by atoms with Gasteiger partial charge in [0, 0.05) is 68.8 Å². The van der Waals surface area contributed by atoms with E-state index in [9.17, 15) is 18.0 Å². The normalized spacial score (nSPS) is 16.5. The highest BCUT2D eigenvalue weighted by Gasteiger charge is 2.31. The highest BCUT2D eigenvalue weighted by Crippen LogP contribution is 2.27. The van der Waals surface area contributed by atoms with E-state index in [2.05, 4.69) is 10.2 Å². The highest BCUT2D eigenvalue weighted by molar-refractivity contribution is 7.89. The number of hydrogen-bond acceptors (Lipinski definition) is 5. The van der Waals surface area contributed by atoms with Gasteiger partial charge in [0.2, 0.25) is 10.0 Å². The number of urea groups is 1. The molecule has 3 aromatic rings. The molecule has 2 aliphatic heterocycles. The van der Waals surface area contributed by atoms with Crippen LogP contribution in [0.4, 0.5) is 16.2 Å². The first-order chi connectivity index (χ1) is 19.6. The van der Waals surface area contributed by atoms with Gasteiger partial charge in [0.05, 0.1) is 15.5 Å². The van der Waals surface area contributed by atoms with E-state index >= 15 is 0 Å². The van der Waals surface area contributed by atoms with Gasteiger partial charge in [-0.3, -0.25) is 4.79 Å². The first-order valence-electron chi connectivity index (χ1n) is 13.3. The topological polar surface area (TPSA) is 93.3 Å². The predicted molar refractivity (Wildman–Crippen MR) is 162 cm³/mol. The fourth-order valence-electron chi connectivity index (χ4n) is 4.96. The molecule has 0 radical (unpaired) electrons. The van der Waals surface area contributed by atoms with Crippen molar-refractivity contribution in [1.82, 2.24) is 14.1 Å². The van der Waals surface area contributed by atoms with E-state index in [1.54, 1.807) is 21.9 Å². The van der Waals surface area contributed by atoms with Crippen molar-refractivity contribution in [1.29, 1.82) is 0 Å². The average Bonchev–Trinajstić information content (AvgIpc) is 2.99. The van der Waals surface area contributed by atoms with Gasteiger partial charge in [-0.15, -0.1) is 0 Å². The predicted octanol–water partition coefficient (Wildman–Crippen LogP) is 4.80.